The molecular formula is C19H24Cl2N2O4. The number of nitrogens with zero attached hydrogens (tertiary/aromatic N) is 2. The van der Waals surface area contributed by atoms with Crippen LogP contribution in [0.5, 0.6) is 5.75 Å². The van der Waals surface area contributed by atoms with Crippen molar-refractivity contribution in [2.24, 2.45) is 0 Å². The van der Waals surface area contributed by atoms with Crippen LogP contribution in [0.3, 0.4) is 0 Å². The first-order chi connectivity index (χ1) is 12.6. The second kappa shape index (κ2) is 7.40. The number of phenols is 1. The first-order valence-corrected chi connectivity index (χ1v) is 9.82. The lowest BCUT2D eigenvalue weighted by atomic mass is 9.96. The number of piperidine rings is 1. The second-order valence-electron chi connectivity index (χ2n) is 8.02. The molecule has 0 radical (unpaired) electrons. The molecule has 2 aliphatic rings. The predicted molar refractivity (Wildman–Crippen MR) is 104 cm³/mol. The monoisotopic (exact) mass is 414 g/mol. The Morgan fingerprint density at radius 1 is 1.11 bits per heavy atom. The zero-order valence-corrected chi connectivity index (χ0v) is 17.2. The van der Waals surface area contributed by atoms with Gasteiger partial charge >= 0.3 is 6.09 Å². The zero-order chi connectivity index (χ0) is 19.9. The van der Waals surface area contributed by atoms with Gasteiger partial charge < -0.3 is 19.6 Å². The van der Waals surface area contributed by atoms with Crippen LogP contribution in [0.1, 0.15) is 50.4 Å². The molecule has 0 aliphatic carbocycles. The molecule has 0 aromatic heterocycles. The van der Waals surface area contributed by atoms with Crippen molar-refractivity contribution in [1.29, 1.82) is 0 Å². The number of amides is 2. The number of carbonyl (C=O) groups is 2. The van der Waals surface area contributed by atoms with E-state index in [0.717, 1.165) is 12.8 Å². The van der Waals surface area contributed by atoms with Crippen LogP contribution >= 0.6 is 23.2 Å². The summed E-state index contributed by atoms with van der Waals surface area (Å²) in [5, 5.41) is 10.5. The highest BCUT2D eigenvalue weighted by atomic mass is 35.5. The highest BCUT2D eigenvalue weighted by Crippen LogP contribution is 2.36. The molecule has 0 unspecified atom stereocenters. The third-order valence-corrected chi connectivity index (χ3v) is 5.46. The van der Waals surface area contributed by atoms with Crippen LogP contribution in [0.2, 0.25) is 10.0 Å². The van der Waals surface area contributed by atoms with E-state index < -0.39 is 5.60 Å². The van der Waals surface area contributed by atoms with Crippen molar-refractivity contribution < 1.29 is 19.4 Å². The minimum atomic E-state index is -0.567. The molecule has 2 fully saturated rings. The topological polar surface area (TPSA) is 70.1 Å². The van der Waals surface area contributed by atoms with Crippen LogP contribution in [-0.4, -0.2) is 57.7 Å². The van der Waals surface area contributed by atoms with Crippen molar-refractivity contribution in [3.8, 4) is 5.75 Å². The second-order valence-corrected chi connectivity index (χ2v) is 8.87. The number of hydrogen-bond acceptors (Lipinski definition) is 4. The first kappa shape index (κ1) is 20.1. The van der Waals surface area contributed by atoms with Gasteiger partial charge in [0.2, 0.25) is 0 Å². The molecule has 2 atom stereocenters. The fraction of sp³-hybridized carbons (Fsp3) is 0.579. The normalized spacial score (nSPS) is 22.6. The molecule has 1 aromatic carbocycles. The van der Waals surface area contributed by atoms with Crippen molar-refractivity contribution in [2.45, 2.75) is 57.7 Å². The molecule has 148 valence electrons. The number of aromatic hydroxyl groups is 1. The van der Waals surface area contributed by atoms with Crippen LogP contribution in [0.25, 0.3) is 0 Å². The fourth-order valence-corrected chi connectivity index (χ4v) is 4.36. The standard InChI is InChI=1S/C19H24Cl2N2O4/c1-19(2,3)27-18(26)23-8-6-15-14(23)5-4-7-22(15)17(25)12-9-11(20)10-13(21)16(12)24/h9-10,14-15,24H,4-8H2,1-3H3/t14-,15-/m0/s1. The largest absolute Gasteiger partial charge is 0.506 e. The summed E-state index contributed by atoms with van der Waals surface area (Å²) >= 11 is 12.0. The van der Waals surface area contributed by atoms with E-state index in [0.29, 0.717) is 19.5 Å². The van der Waals surface area contributed by atoms with Crippen LogP contribution in [-0.2, 0) is 4.74 Å². The number of ether oxygens (including phenoxy) is 1. The summed E-state index contributed by atoms with van der Waals surface area (Å²) in [6.45, 7) is 6.60. The Bertz CT molecular complexity index is 763. The van der Waals surface area contributed by atoms with Gasteiger partial charge in [0.1, 0.15) is 11.4 Å². The van der Waals surface area contributed by atoms with Gasteiger partial charge in [0, 0.05) is 18.1 Å². The van der Waals surface area contributed by atoms with Crippen molar-refractivity contribution >= 4 is 35.2 Å². The lowest BCUT2D eigenvalue weighted by Gasteiger charge is -2.40. The maximum absolute atomic E-state index is 13.1. The Morgan fingerprint density at radius 3 is 2.44 bits per heavy atom. The van der Waals surface area contributed by atoms with Crippen LogP contribution in [0.4, 0.5) is 4.79 Å². The van der Waals surface area contributed by atoms with Gasteiger partial charge in [-0.2, -0.15) is 0 Å². The zero-order valence-electron chi connectivity index (χ0n) is 15.7. The maximum Gasteiger partial charge on any atom is 0.410 e. The van der Waals surface area contributed by atoms with Crippen molar-refractivity contribution in [2.75, 3.05) is 13.1 Å². The Labute approximate surface area is 169 Å². The quantitative estimate of drug-likeness (QED) is 0.742. The number of phenolic OH excluding ortho intramolecular Hbond substituents is 1. The number of fused-ring (bicyclic) bond motifs is 1. The summed E-state index contributed by atoms with van der Waals surface area (Å²) in [5.74, 6) is -0.590. The lowest BCUT2D eigenvalue weighted by Crippen LogP contribution is -2.53. The predicted octanol–water partition coefficient (Wildman–Crippen LogP) is 4.31. The van der Waals surface area contributed by atoms with E-state index >= 15 is 0 Å². The molecule has 1 aromatic rings. The van der Waals surface area contributed by atoms with E-state index in [1.165, 1.54) is 12.1 Å². The summed E-state index contributed by atoms with van der Waals surface area (Å²) in [6.07, 6.45) is 1.90. The summed E-state index contributed by atoms with van der Waals surface area (Å²) in [5.41, 5.74) is -0.480. The molecule has 2 amide bonds. The molecule has 0 bridgehead atoms. The SMILES string of the molecule is CC(C)(C)OC(=O)N1CC[C@H]2[C@@H]1CCCN2C(=O)c1cc(Cl)cc(Cl)c1O. The molecule has 0 saturated carbocycles. The van der Waals surface area contributed by atoms with Gasteiger partial charge in [-0.15, -0.1) is 0 Å². The third-order valence-electron chi connectivity index (χ3n) is 4.96. The van der Waals surface area contributed by atoms with Crippen LogP contribution < -0.4 is 0 Å². The lowest BCUT2D eigenvalue weighted by molar-refractivity contribution is 0.0124. The van der Waals surface area contributed by atoms with Gasteiger partial charge in [-0.05, 0) is 52.2 Å². The van der Waals surface area contributed by atoms with E-state index in [1.54, 1.807) is 9.80 Å². The molecule has 8 heteroatoms. The van der Waals surface area contributed by atoms with Gasteiger partial charge in [-0.1, -0.05) is 23.2 Å². The number of likely N-dealkylation sites (tertiary alicyclic amines) is 2. The Kier molecular flexibility index (Phi) is 5.50. The molecule has 2 aliphatic heterocycles. The highest BCUT2D eigenvalue weighted by Gasteiger charge is 2.45. The van der Waals surface area contributed by atoms with Crippen LogP contribution in [0.15, 0.2) is 12.1 Å². The number of hydrogen-bond donors (Lipinski definition) is 1. The molecular weight excluding hydrogens is 391 g/mol. The summed E-state index contributed by atoms with van der Waals surface area (Å²) in [4.78, 5) is 29.1. The Morgan fingerprint density at radius 2 is 1.78 bits per heavy atom. The average Bonchev–Trinajstić information content (AvgIpc) is 3.00. The Balaban J connectivity index is 1.81. The van der Waals surface area contributed by atoms with Crippen LogP contribution in [0, 0.1) is 0 Å². The van der Waals surface area contributed by atoms with Crippen molar-refractivity contribution in [3.63, 3.8) is 0 Å². The van der Waals surface area contributed by atoms with Gasteiger partial charge in [-0.3, -0.25) is 4.79 Å². The highest BCUT2D eigenvalue weighted by molar-refractivity contribution is 6.36. The summed E-state index contributed by atoms with van der Waals surface area (Å²) < 4.78 is 5.51. The van der Waals surface area contributed by atoms with Crippen molar-refractivity contribution in [3.05, 3.63) is 27.7 Å². The molecule has 1 N–H and O–H groups in total. The first-order valence-electron chi connectivity index (χ1n) is 9.07. The number of benzene rings is 1. The van der Waals surface area contributed by atoms with E-state index in [9.17, 15) is 14.7 Å². The number of carbonyl (C=O) groups excluding carboxylic acids is 2. The Hall–Kier alpha value is -1.66. The average molecular weight is 415 g/mol. The smallest absolute Gasteiger partial charge is 0.410 e. The molecule has 27 heavy (non-hydrogen) atoms. The van der Waals surface area contributed by atoms with Gasteiger partial charge in [-0.25, -0.2) is 4.79 Å². The maximum atomic E-state index is 13.1. The third kappa shape index (κ3) is 4.11. The van der Waals surface area contributed by atoms with Crippen molar-refractivity contribution in [1.82, 2.24) is 9.80 Å². The fourth-order valence-electron chi connectivity index (χ4n) is 3.87. The van der Waals surface area contributed by atoms with E-state index in [4.69, 9.17) is 27.9 Å². The van der Waals surface area contributed by atoms with E-state index in [-0.39, 0.29) is 45.4 Å². The molecule has 2 heterocycles. The van der Waals surface area contributed by atoms with Gasteiger partial charge in [0.15, 0.2) is 0 Å². The minimum Gasteiger partial charge on any atom is -0.506 e. The van der Waals surface area contributed by atoms with Gasteiger partial charge in [0.25, 0.3) is 5.91 Å². The molecule has 3 rings (SSSR count). The molecule has 6 nitrogen and oxygen atoms in total. The van der Waals surface area contributed by atoms with E-state index in [2.05, 4.69) is 0 Å². The number of rotatable bonds is 1. The number of halogens is 2. The molecule has 2 saturated heterocycles. The van der Waals surface area contributed by atoms with E-state index in [1.807, 2.05) is 20.8 Å². The molecule has 0 spiro atoms. The summed E-state index contributed by atoms with van der Waals surface area (Å²) in [7, 11) is 0. The summed E-state index contributed by atoms with van der Waals surface area (Å²) in [6, 6.07) is 2.62. The minimum absolute atomic E-state index is 0.0428. The van der Waals surface area contributed by atoms with Gasteiger partial charge in [0.05, 0.1) is 22.7 Å².